The van der Waals surface area contributed by atoms with Gasteiger partial charge in [-0.3, -0.25) is 9.59 Å². The van der Waals surface area contributed by atoms with Crippen molar-refractivity contribution in [3.8, 4) is 0 Å². The van der Waals surface area contributed by atoms with Gasteiger partial charge in [-0.2, -0.15) is 0 Å². The smallest absolute Gasteiger partial charge is 0.317 e. The summed E-state index contributed by atoms with van der Waals surface area (Å²) in [5, 5.41) is 8.26. The number of carbonyl (C=O) groups is 2. The van der Waals surface area contributed by atoms with Gasteiger partial charge in [-0.1, -0.05) is 0 Å². The van der Waals surface area contributed by atoms with Crippen molar-refractivity contribution in [2.24, 2.45) is 0 Å². The zero-order chi connectivity index (χ0) is 8.97. The predicted octanol–water partition coefficient (Wildman–Crippen LogP) is 0.947. The molecule has 0 atom stereocenters. The van der Waals surface area contributed by atoms with Gasteiger partial charge in [0.25, 0.3) is 0 Å². The van der Waals surface area contributed by atoms with Crippen molar-refractivity contribution in [2.75, 3.05) is 0 Å². The molecule has 0 unspecified atom stereocenters. The van der Waals surface area contributed by atoms with E-state index in [1.54, 1.807) is 0 Å². The van der Waals surface area contributed by atoms with Crippen LogP contribution in [0, 0.1) is 0 Å². The van der Waals surface area contributed by atoms with Gasteiger partial charge in [-0.05, 0) is 25.7 Å². The molecule has 0 aromatic heterocycles. The summed E-state index contributed by atoms with van der Waals surface area (Å²) in [5.74, 6) is -1.74. The molecular formula is C8H12O4. The van der Waals surface area contributed by atoms with Gasteiger partial charge in [0.05, 0.1) is 0 Å². The standard InChI is InChI=1S/C8H12O4/c9-7(10)5-8(11)12-6-3-1-2-4-6/h6H,1-5H2,(H,9,10). The van der Waals surface area contributed by atoms with E-state index >= 15 is 0 Å². The Balaban J connectivity index is 2.20. The van der Waals surface area contributed by atoms with Gasteiger partial charge in [-0.25, -0.2) is 0 Å². The average Bonchev–Trinajstić information content (AvgIpc) is 2.37. The molecule has 0 spiro atoms. The summed E-state index contributed by atoms with van der Waals surface area (Å²) < 4.78 is 4.90. The van der Waals surface area contributed by atoms with Crippen LogP contribution < -0.4 is 0 Å². The molecule has 1 aliphatic rings. The molecule has 0 aliphatic heterocycles. The Morgan fingerprint density at radius 1 is 1.33 bits per heavy atom. The molecule has 4 heteroatoms. The third-order valence-corrected chi connectivity index (χ3v) is 1.90. The van der Waals surface area contributed by atoms with Crippen LogP contribution in [0.5, 0.6) is 0 Å². The van der Waals surface area contributed by atoms with Gasteiger partial charge in [0.15, 0.2) is 0 Å². The lowest BCUT2D eigenvalue weighted by atomic mass is 10.3. The number of carboxylic acid groups (broad SMARTS) is 1. The van der Waals surface area contributed by atoms with Crippen molar-refractivity contribution in [2.45, 2.75) is 38.2 Å². The summed E-state index contributed by atoms with van der Waals surface area (Å²) in [7, 11) is 0. The van der Waals surface area contributed by atoms with E-state index < -0.39 is 18.4 Å². The van der Waals surface area contributed by atoms with Crippen molar-refractivity contribution >= 4 is 11.9 Å². The highest BCUT2D eigenvalue weighted by Crippen LogP contribution is 2.21. The van der Waals surface area contributed by atoms with Gasteiger partial charge in [0.2, 0.25) is 0 Å². The van der Waals surface area contributed by atoms with Crippen LogP contribution >= 0.6 is 0 Å². The first-order chi connectivity index (χ1) is 5.68. The van der Waals surface area contributed by atoms with Crippen molar-refractivity contribution in [3.05, 3.63) is 0 Å². The lowest BCUT2D eigenvalue weighted by Crippen LogP contribution is -2.17. The molecule has 0 heterocycles. The average molecular weight is 172 g/mol. The molecule has 0 amide bonds. The Labute approximate surface area is 70.5 Å². The second-order valence-electron chi connectivity index (χ2n) is 2.97. The third-order valence-electron chi connectivity index (χ3n) is 1.90. The quantitative estimate of drug-likeness (QED) is 0.508. The molecule has 0 saturated heterocycles. The van der Waals surface area contributed by atoms with Crippen molar-refractivity contribution in [3.63, 3.8) is 0 Å². The van der Waals surface area contributed by atoms with Gasteiger partial charge in [0.1, 0.15) is 12.5 Å². The largest absolute Gasteiger partial charge is 0.481 e. The fraction of sp³-hybridized carbons (Fsp3) is 0.750. The summed E-state index contributed by atoms with van der Waals surface area (Å²) >= 11 is 0. The molecule has 0 bridgehead atoms. The molecule has 1 aliphatic carbocycles. The van der Waals surface area contributed by atoms with Crippen LogP contribution in [0.2, 0.25) is 0 Å². The molecule has 1 fully saturated rings. The Morgan fingerprint density at radius 2 is 1.92 bits per heavy atom. The van der Waals surface area contributed by atoms with E-state index in [9.17, 15) is 9.59 Å². The number of aliphatic carboxylic acids is 1. The molecule has 4 nitrogen and oxygen atoms in total. The van der Waals surface area contributed by atoms with Crippen molar-refractivity contribution in [1.82, 2.24) is 0 Å². The van der Waals surface area contributed by atoms with E-state index in [1.807, 2.05) is 0 Å². The van der Waals surface area contributed by atoms with Crippen LogP contribution in [0.4, 0.5) is 0 Å². The third kappa shape index (κ3) is 2.90. The molecule has 1 rings (SSSR count). The number of hydrogen-bond acceptors (Lipinski definition) is 3. The molecule has 1 saturated carbocycles. The highest BCUT2D eigenvalue weighted by Gasteiger charge is 2.20. The minimum atomic E-state index is -1.13. The molecule has 68 valence electrons. The summed E-state index contributed by atoms with van der Waals surface area (Å²) in [4.78, 5) is 20.9. The van der Waals surface area contributed by atoms with E-state index in [1.165, 1.54) is 0 Å². The summed E-state index contributed by atoms with van der Waals surface area (Å²) in [6.07, 6.45) is 3.36. The van der Waals surface area contributed by atoms with Gasteiger partial charge in [0, 0.05) is 0 Å². The van der Waals surface area contributed by atoms with E-state index in [2.05, 4.69) is 0 Å². The van der Waals surface area contributed by atoms with Gasteiger partial charge in [-0.15, -0.1) is 0 Å². The Hall–Kier alpha value is -1.06. The number of carbonyl (C=O) groups excluding carboxylic acids is 1. The van der Waals surface area contributed by atoms with E-state index in [0.717, 1.165) is 25.7 Å². The van der Waals surface area contributed by atoms with Crippen LogP contribution in [0.25, 0.3) is 0 Å². The minimum Gasteiger partial charge on any atom is -0.481 e. The van der Waals surface area contributed by atoms with Crippen molar-refractivity contribution in [1.29, 1.82) is 0 Å². The molecular weight excluding hydrogens is 160 g/mol. The van der Waals surface area contributed by atoms with Crippen LogP contribution in [0.3, 0.4) is 0 Å². The van der Waals surface area contributed by atoms with Crippen LogP contribution in [-0.2, 0) is 14.3 Å². The van der Waals surface area contributed by atoms with Crippen molar-refractivity contribution < 1.29 is 19.4 Å². The Kier molecular flexibility index (Phi) is 3.08. The Bertz CT molecular complexity index is 181. The molecule has 0 radical (unpaired) electrons. The first-order valence-electron chi connectivity index (χ1n) is 4.10. The zero-order valence-electron chi connectivity index (χ0n) is 6.78. The molecule has 0 aromatic carbocycles. The maximum Gasteiger partial charge on any atom is 0.317 e. The zero-order valence-corrected chi connectivity index (χ0v) is 6.78. The maximum atomic E-state index is 10.8. The molecule has 0 aromatic rings. The summed E-state index contributed by atoms with van der Waals surface area (Å²) in [6, 6.07) is 0. The first-order valence-corrected chi connectivity index (χ1v) is 4.10. The maximum absolute atomic E-state index is 10.8. The summed E-state index contributed by atoms with van der Waals surface area (Å²) in [5.41, 5.74) is 0. The number of rotatable bonds is 3. The second-order valence-corrected chi connectivity index (χ2v) is 2.97. The van der Waals surface area contributed by atoms with Crippen LogP contribution in [-0.4, -0.2) is 23.1 Å². The highest BCUT2D eigenvalue weighted by molar-refractivity contribution is 5.90. The van der Waals surface area contributed by atoms with E-state index in [0.29, 0.717) is 0 Å². The first kappa shape index (κ1) is 9.03. The monoisotopic (exact) mass is 172 g/mol. The Morgan fingerprint density at radius 3 is 2.42 bits per heavy atom. The van der Waals surface area contributed by atoms with Gasteiger partial charge < -0.3 is 9.84 Å². The summed E-state index contributed by atoms with van der Waals surface area (Å²) in [6.45, 7) is 0. The lowest BCUT2D eigenvalue weighted by molar-refractivity contribution is -0.154. The topological polar surface area (TPSA) is 63.6 Å². The van der Waals surface area contributed by atoms with Crippen LogP contribution in [0.1, 0.15) is 32.1 Å². The minimum absolute atomic E-state index is 0.0307. The molecule has 12 heavy (non-hydrogen) atoms. The fourth-order valence-electron chi connectivity index (χ4n) is 1.36. The number of ether oxygens (including phenoxy) is 1. The predicted molar refractivity (Wildman–Crippen MR) is 40.6 cm³/mol. The highest BCUT2D eigenvalue weighted by atomic mass is 16.5. The lowest BCUT2D eigenvalue weighted by Gasteiger charge is -2.09. The SMILES string of the molecule is O=C(O)CC(=O)OC1CCCC1. The fourth-order valence-corrected chi connectivity index (χ4v) is 1.36. The van der Waals surface area contributed by atoms with E-state index in [-0.39, 0.29) is 6.10 Å². The number of hydrogen-bond donors (Lipinski definition) is 1. The van der Waals surface area contributed by atoms with E-state index in [4.69, 9.17) is 9.84 Å². The van der Waals surface area contributed by atoms with Gasteiger partial charge >= 0.3 is 11.9 Å². The second kappa shape index (κ2) is 4.09. The normalized spacial score (nSPS) is 17.7. The number of esters is 1. The van der Waals surface area contributed by atoms with Crippen LogP contribution in [0.15, 0.2) is 0 Å². The number of carboxylic acids is 1. The molecule has 1 N–H and O–H groups in total.